The van der Waals surface area contributed by atoms with Crippen molar-refractivity contribution in [2.24, 2.45) is 5.92 Å². The van der Waals surface area contributed by atoms with Crippen LogP contribution in [0.15, 0.2) is 24.3 Å². The van der Waals surface area contributed by atoms with Crippen LogP contribution in [0.5, 0.6) is 5.75 Å². The van der Waals surface area contributed by atoms with Gasteiger partial charge in [0.2, 0.25) is 11.8 Å². The van der Waals surface area contributed by atoms with Crippen LogP contribution in [-0.2, 0) is 14.3 Å². The van der Waals surface area contributed by atoms with Crippen molar-refractivity contribution in [2.75, 3.05) is 25.6 Å². The first-order chi connectivity index (χ1) is 15.2. The highest BCUT2D eigenvalue weighted by molar-refractivity contribution is 5.88. The van der Waals surface area contributed by atoms with Gasteiger partial charge in [-0.2, -0.15) is 0 Å². The normalized spacial score (nSPS) is 16.7. The summed E-state index contributed by atoms with van der Waals surface area (Å²) in [5.41, 5.74) is 0.591. The van der Waals surface area contributed by atoms with Crippen LogP contribution in [0.25, 0.3) is 0 Å². The van der Waals surface area contributed by atoms with E-state index in [0.717, 1.165) is 25.7 Å². The van der Waals surface area contributed by atoms with Gasteiger partial charge in [0.05, 0.1) is 0 Å². The average molecular weight is 460 g/mol. The van der Waals surface area contributed by atoms with E-state index in [-0.39, 0.29) is 36.8 Å². The number of alkyl halides is 3. The number of carbonyl (C=O) groups excluding carboxylic acids is 2. The Labute approximate surface area is 186 Å². The molecular formula is C22H32F3N3O4. The number of anilines is 1. The summed E-state index contributed by atoms with van der Waals surface area (Å²) in [6.07, 6.45) is 1.43. The number of hydrogen-bond donors (Lipinski definition) is 3. The van der Waals surface area contributed by atoms with Gasteiger partial charge < -0.3 is 25.4 Å². The van der Waals surface area contributed by atoms with Crippen molar-refractivity contribution < 1.29 is 32.2 Å². The van der Waals surface area contributed by atoms with Gasteiger partial charge in [0.15, 0.2) is 0 Å². The van der Waals surface area contributed by atoms with Crippen molar-refractivity contribution in [2.45, 2.75) is 63.9 Å². The molecule has 0 aliphatic heterocycles. The van der Waals surface area contributed by atoms with Gasteiger partial charge in [-0.3, -0.25) is 9.59 Å². The molecule has 1 aliphatic carbocycles. The summed E-state index contributed by atoms with van der Waals surface area (Å²) in [6.45, 7) is 2.00. The second-order valence-corrected chi connectivity index (χ2v) is 8.16. The Morgan fingerprint density at radius 3 is 2.38 bits per heavy atom. The molecule has 2 rings (SSSR count). The van der Waals surface area contributed by atoms with Gasteiger partial charge in [-0.25, -0.2) is 0 Å². The highest BCUT2D eigenvalue weighted by Gasteiger charge is 2.31. The van der Waals surface area contributed by atoms with E-state index in [4.69, 9.17) is 4.74 Å². The number of amides is 2. The number of ether oxygens (including phenoxy) is 2. The lowest BCUT2D eigenvalue weighted by Crippen LogP contribution is -2.50. The number of carbonyl (C=O) groups is 2. The minimum Gasteiger partial charge on any atom is -0.406 e. The average Bonchev–Trinajstić information content (AvgIpc) is 2.73. The Kier molecular flexibility index (Phi) is 10.1. The smallest absolute Gasteiger partial charge is 0.406 e. The molecule has 1 aromatic carbocycles. The van der Waals surface area contributed by atoms with Gasteiger partial charge in [-0.05, 0) is 43.5 Å². The standard InChI is InChI=1S/C22H32F3N3O4/c1-15(27-17-8-10-18(11-9-17)32-22(23,24)25)13-26-21(30)19(28-20(29)14-31-2)12-16-6-4-3-5-7-16/h8-11,15-16,19,27H,3-7,12-14H2,1-2H3,(H,26,30)(H,28,29)/t15-,19-/m0/s1. The van der Waals surface area contributed by atoms with Crippen LogP contribution in [0.2, 0.25) is 0 Å². The van der Waals surface area contributed by atoms with E-state index in [1.807, 2.05) is 6.92 Å². The Balaban J connectivity index is 1.86. The first-order valence-electron chi connectivity index (χ1n) is 10.8. The molecule has 0 spiro atoms. The van der Waals surface area contributed by atoms with E-state index >= 15 is 0 Å². The van der Waals surface area contributed by atoms with E-state index in [1.165, 1.54) is 37.8 Å². The summed E-state index contributed by atoms with van der Waals surface area (Å²) in [6, 6.07) is 4.54. The lowest BCUT2D eigenvalue weighted by molar-refractivity contribution is -0.274. The number of benzene rings is 1. The molecule has 1 aromatic rings. The highest BCUT2D eigenvalue weighted by atomic mass is 19.4. The molecule has 0 heterocycles. The summed E-state index contributed by atoms with van der Waals surface area (Å²) in [7, 11) is 1.42. The summed E-state index contributed by atoms with van der Waals surface area (Å²) in [4.78, 5) is 24.8. The lowest BCUT2D eigenvalue weighted by Gasteiger charge is -2.27. The fraction of sp³-hybridized carbons (Fsp3) is 0.636. The van der Waals surface area contributed by atoms with Crippen LogP contribution in [-0.4, -0.2) is 50.5 Å². The third kappa shape index (κ3) is 9.76. The first kappa shape index (κ1) is 25.8. The second-order valence-electron chi connectivity index (χ2n) is 8.16. The minimum atomic E-state index is -4.74. The quantitative estimate of drug-likeness (QED) is 0.471. The van der Waals surface area contributed by atoms with Crippen LogP contribution in [0.4, 0.5) is 18.9 Å². The largest absolute Gasteiger partial charge is 0.573 e. The lowest BCUT2D eigenvalue weighted by atomic mass is 9.84. The highest BCUT2D eigenvalue weighted by Crippen LogP contribution is 2.27. The van der Waals surface area contributed by atoms with Gasteiger partial charge in [-0.1, -0.05) is 32.1 Å². The molecule has 3 N–H and O–H groups in total. The SMILES string of the molecule is COCC(=O)N[C@@H](CC1CCCCC1)C(=O)NC[C@H](C)Nc1ccc(OC(F)(F)F)cc1. The summed E-state index contributed by atoms with van der Waals surface area (Å²) in [5.74, 6) is -0.505. The summed E-state index contributed by atoms with van der Waals surface area (Å²) in [5, 5.41) is 8.72. The van der Waals surface area contributed by atoms with Gasteiger partial charge in [0, 0.05) is 25.4 Å². The third-order valence-corrected chi connectivity index (χ3v) is 5.30. The molecule has 180 valence electrons. The molecule has 1 saturated carbocycles. The molecule has 0 unspecified atom stereocenters. The monoisotopic (exact) mass is 459 g/mol. The minimum absolute atomic E-state index is 0.111. The summed E-state index contributed by atoms with van der Waals surface area (Å²) >= 11 is 0. The molecule has 0 saturated heterocycles. The van der Waals surface area contributed by atoms with Crippen molar-refractivity contribution in [3.63, 3.8) is 0 Å². The molecule has 0 radical (unpaired) electrons. The molecule has 10 heteroatoms. The van der Waals surface area contributed by atoms with Crippen LogP contribution >= 0.6 is 0 Å². The predicted octanol–water partition coefficient (Wildman–Crippen LogP) is 3.60. The maximum atomic E-state index is 12.8. The summed E-state index contributed by atoms with van der Waals surface area (Å²) < 4.78 is 45.5. The van der Waals surface area contributed by atoms with Crippen molar-refractivity contribution in [3.05, 3.63) is 24.3 Å². The topological polar surface area (TPSA) is 88.7 Å². The third-order valence-electron chi connectivity index (χ3n) is 5.30. The van der Waals surface area contributed by atoms with Crippen LogP contribution in [0, 0.1) is 5.92 Å². The number of methoxy groups -OCH3 is 1. The van der Waals surface area contributed by atoms with Crippen molar-refractivity contribution in [3.8, 4) is 5.75 Å². The Morgan fingerprint density at radius 2 is 1.78 bits per heavy atom. The molecule has 0 bridgehead atoms. The molecule has 7 nitrogen and oxygen atoms in total. The molecule has 1 aliphatic rings. The molecule has 2 atom stereocenters. The van der Waals surface area contributed by atoms with Crippen molar-refractivity contribution in [1.82, 2.24) is 10.6 Å². The maximum Gasteiger partial charge on any atom is 0.573 e. The van der Waals surface area contributed by atoms with Gasteiger partial charge in [0.25, 0.3) is 0 Å². The number of halogens is 3. The van der Waals surface area contributed by atoms with Crippen LogP contribution < -0.4 is 20.7 Å². The maximum absolute atomic E-state index is 12.8. The van der Waals surface area contributed by atoms with Gasteiger partial charge in [0.1, 0.15) is 18.4 Å². The van der Waals surface area contributed by atoms with E-state index in [9.17, 15) is 22.8 Å². The van der Waals surface area contributed by atoms with E-state index in [1.54, 1.807) is 0 Å². The second kappa shape index (κ2) is 12.5. The molecule has 2 amide bonds. The fourth-order valence-electron chi connectivity index (χ4n) is 3.82. The van der Waals surface area contributed by atoms with Crippen LogP contribution in [0.1, 0.15) is 45.4 Å². The zero-order valence-corrected chi connectivity index (χ0v) is 18.5. The molecule has 1 fully saturated rings. The Morgan fingerprint density at radius 1 is 1.12 bits per heavy atom. The first-order valence-corrected chi connectivity index (χ1v) is 10.8. The Bertz CT molecular complexity index is 722. The number of nitrogens with one attached hydrogen (secondary N) is 3. The van der Waals surface area contributed by atoms with Gasteiger partial charge in [-0.15, -0.1) is 13.2 Å². The molecule has 32 heavy (non-hydrogen) atoms. The zero-order valence-electron chi connectivity index (χ0n) is 18.5. The van der Waals surface area contributed by atoms with Crippen molar-refractivity contribution >= 4 is 17.5 Å². The van der Waals surface area contributed by atoms with Gasteiger partial charge >= 0.3 is 6.36 Å². The van der Waals surface area contributed by atoms with E-state index < -0.39 is 12.4 Å². The Hall–Kier alpha value is -2.49. The van der Waals surface area contributed by atoms with E-state index in [2.05, 4.69) is 20.7 Å². The fourth-order valence-corrected chi connectivity index (χ4v) is 3.82. The van der Waals surface area contributed by atoms with Crippen LogP contribution in [0.3, 0.4) is 0 Å². The predicted molar refractivity (Wildman–Crippen MR) is 114 cm³/mol. The van der Waals surface area contributed by atoms with E-state index in [0.29, 0.717) is 18.0 Å². The zero-order chi connectivity index (χ0) is 23.6. The molecular weight excluding hydrogens is 427 g/mol. The number of hydrogen-bond acceptors (Lipinski definition) is 5. The van der Waals surface area contributed by atoms with Crippen molar-refractivity contribution in [1.29, 1.82) is 0 Å². The number of rotatable bonds is 11. The molecule has 0 aromatic heterocycles.